The zero-order valence-corrected chi connectivity index (χ0v) is 18.1. The standard InChI is InChI=1S/C22H23ClFN3O5/c23-15-11-13(3-4-16(15)24)12-26-8-5-14-17(20(26)30)19(29)22(32)27-7-2-1-6-25(9-10-28)21(31)18(14)27/h3-4,11,17,28H,1-2,5-10,12H2. The number of likely N-dealkylation sites (tertiary alicyclic amines) is 1. The summed E-state index contributed by atoms with van der Waals surface area (Å²) < 4.78 is 13.5. The third kappa shape index (κ3) is 3.91. The van der Waals surface area contributed by atoms with Gasteiger partial charge in [-0.05, 0) is 42.5 Å². The van der Waals surface area contributed by atoms with Crippen LogP contribution in [0.15, 0.2) is 29.5 Å². The monoisotopic (exact) mass is 463 g/mol. The van der Waals surface area contributed by atoms with Gasteiger partial charge in [0.25, 0.3) is 11.8 Å². The molecule has 2 fully saturated rings. The fourth-order valence-corrected chi connectivity index (χ4v) is 4.74. The number of benzene rings is 1. The zero-order valence-electron chi connectivity index (χ0n) is 17.4. The van der Waals surface area contributed by atoms with Crippen LogP contribution in [0.25, 0.3) is 0 Å². The lowest BCUT2D eigenvalue weighted by atomic mass is 9.81. The Morgan fingerprint density at radius 2 is 1.78 bits per heavy atom. The Labute approximate surface area is 189 Å². The average Bonchev–Trinajstić information content (AvgIpc) is 2.76. The first-order valence-corrected chi connectivity index (χ1v) is 10.9. The largest absolute Gasteiger partial charge is 0.395 e. The number of Topliss-reactive ketones (excluding diaryl/α,β-unsaturated/α-hetero) is 1. The minimum Gasteiger partial charge on any atom is -0.395 e. The number of carbonyl (C=O) groups is 4. The fourth-order valence-electron chi connectivity index (χ4n) is 4.54. The third-order valence-corrected chi connectivity index (χ3v) is 6.42. The normalized spacial score (nSPS) is 22.1. The number of aliphatic hydroxyl groups is 1. The molecule has 1 unspecified atom stereocenters. The molecule has 0 saturated carbocycles. The molecule has 10 heteroatoms. The summed E-state index contributed by atoms with van der Waals surface area (Å²) in [5, 5.41) is 9.27. The topological polar surface area (TPSA) is 98.2 Å². The van der Waals surface area contributed by atoms with Crippen molar-refractivity contribution >= 4 is 35.1 Å². The second-order valence-corrected chi connectivity index (χ2v) is 8.52. The number of piperidine rings is 1. The number of nitrogens with zero attached hydrogens (tertiary/aromatic N) is 3. The van der Waals surface area contributed by atoms with E-state index in [4.69, 9.17) is 11.6 Å². The molecule has 1 atom stereocenters. The Morgan fingerprint density at radius 3 is 2.50 bits per heavy atom. The van der Waals surface area contributed by atoms with E-state index in [9.17, 15) is 28.7 Å². The molecule has 4 rings (SSSR count). The summed E-state index contributed by atoms with van der Waals surface area (Å²) in [4.78, 5) is 56.4. The van der Waals surface area contributed by atoms with E-state index in [0.717, 1.165) is 0 Å². The maximum Gasteiger partial charge on any atom is 0.295 e. The van der Waals surface area contributed by atoms with Gasteiger partial charge in [-0.25, -0.2) is 4.39 Å². The van der Waals surface area contributed by atoms with Crippen LogP contribution in [-0.4, -0.2) is 76.1 Å². The molecule has 8 nitrogen and oxygen atoms in total. The third-order valence-electron chi connectivity index (χ3n) is 6.13. The van der Waals surface area contributed by atoms with Gasteiger partial charge in [-0.15, -0.1) is 0 Å². The van der Waals surface area contributed by atoms with Crippen molar-refractivity contribution in [1.82, 2.24) is 14.7 Å². The van der Waals surface area contributed by atoms with Gasteiger partial charge in [0.2, 0.25) is 11.7 Å². The van der Waals surface area contributed by atoms with Crippen molar-refractivity contribution in [2.45, 2.75) is 25.8 Å². The van der Waals surface area contributed by atoms with Gasteiger partial charge >= 0.3 is 0 Å². The highest BCUT2D eigenvalue weighted by Crippen LogP contribution is 2.36. The maximum atomic E-state index is 13.5. The summed E-state index contributed by atoms with van der Waals surface area (Å²) >= 11 is 5.83. The Hall–Kier alpha value is -2.78. The summed E-state index contributed by atoms with van der Waals surface area (Å²) in [7, 11) is 0. The van der Waals surface area contributed by atoms with Crippen molar-refractivity contribution in [2.75, 3.05) is 32.8 Å². The second kappa shape index (κ2) is 8.99. The predicted octanol–water partition coefficient (Wildman–Crippen LogP) is 1.11. The van der Waals surface area contributed by atoms with E-state index in [1.54, 1.807) is 0 Å². The first-order valence-electron chi connectivity index (χ1n) is 10.5. The summed E-state index contributed by atoms with van der Waals surface area (Å²) in [6, 6.07) is 4.12. The Bertz CT molecular complexity index is 1030. The summed E-state index contributed by atoms with van der Waals surface area (Å²) in [5.74, 6) is -4.59. The Kier molecular flexibility index (Phi) is 6.30. The summed E-state index contributed by atoms with van der Waals surface area (Å²) in [6.07, 6.45) is 1.50. The molecular weight excluding hydrogens is 441 g/mol. The van der Waals surface area contributed by atoms with Crippen molar-refractivity contribution < 1.29 is 28.7 Å². The van der Waals surface area contributed by atoms with Crippen molar-refractivity contribution in [2.24, 2.45) is 5.92 Å². The lowest BCUT2D eigenvalue weighted by Gasteiger charge is -2.42. The molecule has 3 aliphatic heterocycles. The number of ketones is 1. The van der Waals surface area contributed by atoms with Crippen LogP contribution >= 0.6 is 11.6 Å². The van der Waals surface area contributed by atoms with Gasteiger partial charge in [0.05, 0.1) is 11.6 Å². The lowest BCUT2D eigenvalue weighted by Crippen LogP contribution is -2.57. The molecule has 1 aromatic rings. The van der Waals surface area contributed by atoms with Crippen LogP contribution in [0.2, 0.25) is 5.02 Å². The molecule has 1 aromatic carbocycles. The first kappa shape index (κ1) is 22.4. The minimum absolute atomic E-state index is 0.0709. The van der Waals surface area contributed by atoms with Crippen molar-refractivity contribution in [3.63, 3.8) is 0 Å². The molecule has 3 heterocycles. The molecular formula is C22H23ClFN3O5. The van der Waals surface area contributed by atoms with Crippen LogP contribution in [0.1, 0.15) is 24.8 Å². The van der Waals surface area contributed by atoms with Gasteiger partial charge in [0.1, 0.15) is 17.4 Å². The van der Waals surface area contributed by atoms with Crippen molar-refractivity contribution in [3.8, 4) is 0 Å². The van der Waals surface area contributed by atoms with Crippen LogP contribution in [0.4, 0.5) is 4.39 Å². The Morgan fingerprint density at radius 1 is 1.03 bits per heavy atom. The second-order valence-electron chi connectivity index (χ2n) is 8.11. The molecule has 0 aromatic heterocycles. The summed E-state index contributed by atoms with van der Waals surface area (Å²) in [5.41, 5.74) is 1.06. The van der Waals surface area contributed by atoms with E-state index in [2.05, 4.69) is 0 Å². The highest BCUT2D eigenvalue weighted by molar-refractivity contribution is 6.43. The Balaban J connectivity index is 1.68. The summed E-state index contributed by atoms with van der Waals surface area (Å²) in [6.45, 7) is 0.905. The quantitative estimate of drug-likeness (QED) is 0.533. The van der Waals surface area contributed by atoms with E-state index < -0.39 is 35.2 Å². The zero-order chi connectivity index (χ0) is 23.0. The smallest absolute Gasteiger partial charge is 0.295 e. The molecule has 170 valence electrons. The molecule has 3 aliphatic rings. The molecule has 0 spiro atoms. The number of halogens is 2. The molecule has 1 N–H and O–H groups in total. The number of hydrogen-bond donors (Lipinski definition) is 1. The lowest BCUT2D eigenvalue weighted by molar-refractivity contribution is -0.154. The van der Waals surface area contributed by atoms with Gasteiger partial charge in [-0.1, -0.05) is 17.7 Å². The number of aliphatic hydroxyl groups excluding tert-OH is 1. The first-order chi connectivity index (χ1) is 15.3. The van der Waals surface area contributed by atoms with Gasteiger partial charge in [-0.2, -0.15) is 0 Å². The van der Waals surface area contributed by atoms with E-state index in [0.29, 0.717) is 30.5 Å². The molecule has 32 heavy (non-hydrogen) atoms. The van der Waals surface area contributed by atoms with Crippen molar-refractivity contribution in [3.05, 3.63) is 45.9 Å². The molecule has 0 aliphatic carbocycles. The van der Waals surface area contributed by atoms with E-state index in [1.807, 2.05) is 0 Å². The molecule has 2 saturated heterocycles. The van der Waals surface area contributed by atoms with Crippen LogP contribution < -0.4 is 0 Å². The van der Waals surface area contributed by atoms with Gasteiger partial charge in [0.15, 0.2) is 0 Å². The number of amides is 3. The number of carbonyl (C=O) groups excluding carboxylic acids is 4. The van der Waals surface area contributed by atoms with E-state index in [1.165, 1.54) is 32.9 Å². The van der Waals surface area contributed by atoms with Crippen LogP contribution in [0, 0.1) is 11.7 Å². The fraction of sp³-hybridized carbons (Fsp3) is 0.455. The van der Waals surface area contributed by atoms with Crippen LogP contribution in [0.5, 0.6) is 0 Å². The van der Waals surface area contributed by atoms with Crippen LogP contribution in [-0.2, 0) is 25.7 Å². The number of β-amino-alcohol motifs (C(OH)–C–C–N with tert-alkyl or cyclic N) is 1. The average molecular weight is 464 g/mol. The van der Waals surface area contributed by atoms with Gasteiger partial charge < -0.3 is 19.8 Å². The SMILES string of the molecule is O=C1C(=O)N2CCCCN(CCO)C(=O)C2=C2CCN(Cc3ccc(F)c(Cl)c3)C(=O)C12. The van der Waals surface area contributed by atoms with Crippen LogP contribution in [0.3, 0.4) is 0 Å². The minimum atomic E-state index is -1.34. The highest BCUT2D eigenvalue weighted by atomic mass is 35.5. The molecule has 3 amide bonds. The maximum absolute atomic E-state index is 13.5. The number of hydrogen-bond acceptors (Lipinski definition) is 5. The number of rotatable bonds is 4. The van der Waals surface area contributed by atoms with E-state index in [-0.39, 0.29) is 49.9 Å². The molecule has 0 bridgehead atoms. The molecule has 0 radical (unpaired) electrons. The number of fused-ring (bicyclic) bond motifs is 2. The van der Waals surface area contributed by atoms with Gasteiger partial charge in [-0.3, -0.25) is 19.2 Å². The van der Waals surface area contributed by atoms with Gasteiger partial charge in [0, 0.05) is 32.7 Å². The predicted molar refractivity (Wildman–Crippen MR) is 112 cm³/mol. The highest BCUT2D eigenvalue weighted by Gasteiger charge is 2.50. The van der Waals surface area contributed by atoms with Crippen molar-refractivity contribution in [1.29, 1.82) is 0 Å². The van der Waals surface area contributed by atoms with E-state index >= 15 is 0 Å².